The van der Waals surface area contributed by atoms with Crippen molar-refractivity contribution in [2.24, 2.45) is 0 Å². The van der Waals surface area contributed by atoms with Crippen molar-refractivity contribution in [2.75, 3.05) is 27.1 Å². The Morgan fingerprint density at radius 3 is 1.70 bits per heavy atom. The molecule has 2 N–H and O–H groups in total. The van der Waals surface area contributed by atoms with Crippen LogP contribution in [0.1, 0.15) is 30.9 Å². The summed E-state index contributed by atoms with van der Waals surface area (Å²) in [5, 5.41) is 6.96. The molecule has 0 radical (unpaired) electrons. The van der Waals surface area contributed by atoms with E-state index >= 15 is 0 Å². The van der Waals surface area contributed by atoms with E-state index in [9.17, 15) is 0 Å². The molecule has 0 saturated heterocycles. The summed E-state index contributed by atoms with van der Waals surface area (Å²) in [5.74, 6) is 1.88. The van der Waals surface area contributed by atoms with Crippen molar-refractivity contribution in [2.45, 2.75) is 40.0 Å². The average molecular weight is 475 g/mol. The summed E-state index contributed by atoms with van der Waals surface area (Å²) in [5.41, 5.74) is 4.86. The second-order valence-corrected chi connectivity index (χ2v) is 11.1. The highest BCUT2D eigenvalue weighted by molar-refractivity contribution is 7.13. The van der Waals surface area contributed by atoms with Gasteiger partial charge in [-0.3, -0.25) is 0 Å². The highest BCUT2D eigenvalue weighted by Gasteiger charge is 2.32. The number of aryl methyl sites for hydroxylation is 2. The molecule has 0 aliphatic carbocycles. The van der Waals surface area contributed by atoms with E-state index in [2.05, 4.69) is 42.5 Å². The maximum absolute atomic E-state index is 4.56. The summed E-state index contributed by atoms with van der Waals surface area (Å²) in [7, 11) is 0. The van der Waals surface area contributed by atoms with Crippen molar-refractivity contribution < 1.29 is 0 Å². The van der Waals surface area contributed by atoms with E-state index in [0.29, 0.717) is 0 Å². The van der Waals surface area contributed by atoms with Crippen LogP contribution in [0.3, 0.4) is 0 Å². The monoisotopic (exact) mass is 474 g/mol. The number of nitrogens with zero attached hydrogens (tertiary/aromatic N) is 4. The minimum absolute atomic E-state index is 0.812. The first-order chi connectivity index (χ1) is 16.1. The van der Waals surface area contributed by atoms with Gasteiger partial charge in [-0.2, -0.15) is 0 Å². The standard InChI is InChI=1S/C25H26N6S2/c1-16-5-3-7-24(28-16)26-11-18-9-20-22(32-18)13-31-15-30(20)14-23-21(31)10-19(33-23)12-27-25-8-4-6-17(2)29-25/h3-10H,11-15H2,1-2H3,(H,26,28)(H,27,29). The van der Waals surface area contributed by atoms with Crippen LogP contribution in [0.4, 0.5) is 23.0 Å². The normalized spacial score (nSPS) is 14.1. The smallest absolute Gasteiger partial charge is 0.126 e. The molecule has 4 aromatic rings. The van der Waals surface area contributed by atoms with Gasteiger partial charge in [0.25, 0.3) is 0 Å². The lowest BCUT2D eigenvalue weighted by atomic mass is 10.1. The summed E-state index contributed by atoms with van der Waals surface area (Å²) in [6.45, 7) is 8.60. The second-order valence-electron chi connectivity index (χ2n) is 8.62. The molecule has 0 amide bonds. The number of pyridine rings is 2. The Kier molecular flexibility index (Phi) is 5.19. The maximum Gasteiger partial charge on any atom is 0.126 e. The van der Waals surface area contributed by atoms with Gasteiger partial charge in [0.15, 0.2) is 0 Å². The number of thiophene rings is 2. The topological polar surface area (TPSA) is 56.3 Å². The van der Waals surface area contributed by atoms with Crippen molar-refractivity contribution in [3.63, 3.8) is 0 Å². The Morgan fingerprint density at radius 2 is 1.24 bits per heavy atom. The molecule has 0 aromatic carbocycles. The third-order valence-electron chi connectivity index (χ3n) is 6.03. The third-order valence-corrected chi connectivity index (χ3v) is 8.25. The Bertz CT molecular complexity index is 1210. The van der Waals surface area contributed by atoms with Crippen molar-refractivity contribution in [3.05, 3.63) is 79.4 Å². The number of nitrogens with one attached hydrogen (secondary N) is 2. The highest BCUT2D eigenvalue weighted by Crippen LogP contribution is 2.44. The van der Waals surface area contributed by atoms with Crippen molar-refractivity contribution in [1.82, 2.24) is 9.97 Å². The molecule has 2 aliphatic rings. The predicted molar refractivity (Wildman–Crippen MR) is 138 cm³/mol. The van der Waals surface area contributed by atoms with Crippen LogP contribution in [0.2, 0.25) is 0 Å². The fourth-order valence-electron chi connectivity index (χ4n) is 4.50. The Labute approximate surface area is 201 Å². The molecule has 0 spiro atoms. The van der Waals surface area contributed by atoms with Crippen LogP contribution < -0.4 is 20.4 Å². The summed E-state index contributed by atoms with van der Waals surface area (Å²) >= 11 is 3.83. The van der Waals surface area contributed by atoms with Gasteiger partial charge in [0, 0.05) is 30.9 Å². The van der Waals surface area contributed by atoms with Gasteiger partial charge in [0.2, 0.25) is 0 Å². The lowest BCUT2D eigenvalue weighted by Gasteiger charge is -2.42. The van der Waals surface area contributed by atoms with Gasteiger partial charge < -0.3 is 20.4 Å². The Balaban J connectivity index is 1.15. The SMILES string of the molecule is Cc1cccc(NCc2cc3c(s2)CN2CN3Cc3sc(CNc4cccc(C)n4)cc32)n1. The summed E-state index contributed by atoms with van der Waals surface area (Å²) in [4.78, 5) is 19.8. The quantitative estimate of drug-likeness (QED) is 0.372. The van der Waals surface area contributed by atoms with Gasteiger partial charge in [-0.1, -0.05) is 12.1 Å². The van der Waals surface area contributed by atoms with Gasteiger partial charge >= 0.3 is 0 Å². The summed E-state index contributed by atoms with van der Waals surface area (Å²) < 4.78 is 0. The molecule has 0 fully saturated rings. The first kappa shape index (κ1) is 20.5. The number of fused-ring (bicyclic) bond motifs is 6. The summed E-state index contributed by atoms with van der Waals surface area (Å²) in [6, 6.07) is 16.9. The Morgan fingerprint density at radius 1 is 0.758 bits per heavy atom. The van der Waals surface area contributed by atoms with E-state index in [1.54, 1.807) is 0 Å². The molecule has 2 aliphatic heterocycles. The molecule has 6 heterocycles. The van der Waals surface area contributed by atoms with E-state index in [4.69, 9.17) is 0 Å². The number of rotatable bonds is 6. The molecule has 4 aromatic heterocycles. The lowest BCUT2D eigenvalue weighted by molar-refractivity contribution is 0.665. The first-order valence-corrected chi connectivity index (χ1v) is 12.8. The zero-order chi connectivity index (χ0) is 22.4. The molecule has 6 rings (SSSR count). The zero-order valence-electron chi connectivity index (χ0n) is 18.8. The molecule has 8 heteroatoms. The molecule has 33 heavy (non-hydrogen) atoms. The number of anilines is 4. The van der Waals surface area contributed by atoms with Crippen LogP contribution in [0, 0.1) is 13.8 Å². The van der Waals surface area contributed by atoms with Crippen LogP contribution >= 0.6 is 22.7 Å². The predicted octanol–water partition coefficient (Wildman–Crippen LogP) is 5.74. The van der Waals surface area contributed by atoms with Crippen molar-refractivity contribution >= 4 is 45.7 Å². The van der Waals surface area contributed by atoms with E-state index in [-0.39, 0.29) is 0 Å². The largest absolute Gasteiger partial charge is 0.365 e. The number of hydrogen-bond donors (Lipinski definition) is 2. The molecule has 2 bridgehead atoms. The molecule has 168 valence electrons. The fourth-order valence-corrected chi connectivity index (χ4v) is 6.78. The minimum atomic E-state index is 0.812. The molecule has 6 nitrogen and oxygen atoms in total. The minimum Gasteiger partial charge on any atom is -0.365 e. The number of aromatic nitrogens is 2. The zero-order valence-corrected chi connectivity index (χ0v) is 20.4. The van der Waals surface area contributed by atoms with Gasteiger partial charge in [0.05, 0.1) is 44.2 Å². The van der Waals surface area contributed by atoms with E-state index < -0.39 is 0 Å². The van der Waals surface area contributed by atoms with Crippen LogP contribution in [-0.2, 0) is 26.2 Å². The van der Waals surface area contributed by atoms with Gasteiger partial charge in [-0.05, 0) is 50.2 Å². The highest BCUT2D eigenvalue weighted by atomic mass is 32.1. The van der Waals surface area contributed by atoms with E-state index in [1.165, 1.54) is 30.9 Å². The average Bonchev–Trinajstić information content (AvgIpc) is 3.41. The van der Waals surface area contributed by atoms with Crippen LogP contribution in [0.15, 0.2) is 48.5 Å². The molecule has 0 unspecified atom stereocenters. The number of hydrogen-bond acceptors (Lipinski definition) is 8. The molecular formula is C25H26N6S2. The lowest BCUT2D eigenvalue weighted by Crippen LogP contribution is -2.44. The van der Waals surface area contributed by atoms with E-state index in [1.807, 2.05) is 72.9 Å². The van der Waals surface area contributed by atoms with Crippen molar-refractivity contribution in [1.29, 1.82) is 0 Å². The second kappa shape index (κ2) is 8.35. The maximum atomic E-state index is 4.56. The van der Waals surface area contributed by atoms with Crippen LogP contribution in [0.5, 0.6) is 0 Å². The Hall–Kier alpha value is -3.10. The molecule has 0 atom stereocenters. The molecule has 0 saturated carbocycles. The fraction of sp³-hybridized carbons (Fsp3) is 0.280. The van der Waals surface area contributed by atoms with Gasteiger partial charge in [0.1, 0.15) is 11.6 Å². The third kappa shape index (κ3) is 4.16. The first-order valence-electron chi connectivity index (χ1n) is 11.2. The van der Waals surface area contributed by atoms with Crippen LogP contribution in [0.25, 0.3) is 0 Å². The van der Waals surface area contributed by atoms with Crippen molar-refractivity contribution in [3.8, 4) is 0 Å². The molecular weight excluding hydrogens is 448 g/mol. The van der Waals surface area contributed by atoms with E-state index in [0.717, 1.165) is 55.9 Å². The van der Waals surface area contributed by atoms with Gasteiger partial charge in [-0.25, -0.2) is 9.97 Å². The summed E-state index contributed by atoms with van der Waals surface area (Å²) in [6.07, 6.45) is 0. The van der Waals surface area contributed by atoms with Crippen LogP contribution in [-0.4, -0.2) is 16.6 Å². The van der Waals surface area contributed by atoms with Gasteiger partial charge in [-0.15, -0.1) is 22.7 Å².